The molecule has 1 aliphatic heterocycles. The topological polar surface area (TPSA) is 29.1 Å². The molecule has 1 amide bonds. The Morgan fingerprint density at radius 2 is 1.50 bits per heavy atom. The number of anilines is 1. The Hall–Kier alpha value is -3.46. The van der Waals surface area contributed by atoms with Gasteiger partial charge in [0, 0.05) is 5.69 Å². The number of halogens is 1. The summed E-state index contributed by atoms with van der Waals surface area (Å²) in [6.07, 6.45) is 0.503. The van der Waals surface area contributed by atoms with Crippen LogP contribution in [0, 0.1) is 5.82 Å². The van der Waals surface area contributed by atoms with Crippen LogP contribution in [0.1, 0.15) is 16.7 Å². The molecule has 5 rings (SSSR count). The summed E-state index contributed by atoms with van der Waals surface area (Å²) in [5.41, 5.74) is 2.74. The van der Waals surface area contributed by atoms with Gasteiger partial charge in [-0.15, -0.1) is 0 Å². The molecule has 0 unspecified atom stereocenters. The molecule has 3 heteroatoms. The number of hydrogen-bond donors (Lipinski definition) is 1. The van der Waals surface area contributed by atoms with Gasteiger partial charge in [0.25, 0.3) is 0 Å². The maximum absolute atomic E-state index is 13.6. The van der Waals surface area contributed by atoms with E-state index in [2.05, 4.69) is 29.6 Å². The zero-order chi connectivity index (χ0) is 19.1. The summed E-state index contributed by atoms with van der Waals surface area (Å²) in [5, 5.41) is 5.31. The molecule has 0 saturated heterocycles. The molecule has 0 radical (unpaired) electrons. The molecule has 0 fully saturated rings. The third kappa shape index (κ3) is 2.43. The first-order valence-corrected chi connectivity index (χ1v) is 9.32. The third-order valence-electron chi connectivity index (χ3n) is 5.70. The molecule has 1 aliphatic rings. The highest BCUT2D eigenvalue weighted by molar-refractivity contribution is 6.09. The number of benzene rings is 4. The van der Waals surface area contributed by atoms with E-state index >= 15 is 0 Å². The Morgan fingerprint density at radius 1 is 0.786 bits per heavy atom. The van der Waals surface area contributed by atoms with Gasteiger partial charge in [-0.1, -0.05) is 72.8 Å². The van der Waals surface area contributed by atoms with Crippen LogP contribution in [0.3, 0.4) is 0 Å². The molecule has 4 aromatic carbocycles. The van der Waals surface area contributed by atoms with Crippen molar-refractivity contribution in [1.82, 2.24) is 0 Å². The van der Waals surface area contributed by atoms with E-state index in [0.717, 1.165) is 33.2 Å². The molecule has 4 aromatic rings. The van der Waals surface area contributed by atoms with Crippen molar-refractivity contribution < 1.29 is 9.18 Å². The number of rotatable bonds is 3. The summed E-state index contributed by atoms with van der Waals surface area (Å²) in [6.45, 7) is 0. The summed E-state index contributed by atoms with van der Waals surface area (Å²) in [7, 11) is 0. The van der Waals surface area contributed by atoms with E-state index in [1.165, 1.54) is 12.1 Å². The zero-order valence-electron chi connectivity index (χ0n) is 15.2. The van der Waals surface area contributed by atoms with Crippen molar-refractivity contribution in [3.05, 3.63) is 114 Å². The fourth-order valence-electron chi connectivity index (χ4n) is 4.35. The van der Waals surface area contributed by atoms with Crippen molar-refractivity contribution in [1.29, 1.82) is 0 Å². The van der Waals surface area contributed by atoms with Gasteiger partial charge in [0.15, 0.2) is 0 Å². The van der Waals surface area contributed by atoms with E-state index in [9.17, 15) is 9.18 Å². The van der Waals surface area contributed by atoms with Crippen molar-refractivity contribution in [2.24, 2.45) is 0 Å². The highest BCUT2D eigenvalue weighted by Crippen LogP contribution is 2.45. The van der Waals surface area contributed by atoms with Crippen LogP contribution in [0.15, 0.2) is 91.0 Å². The molecule has 0 saturated carbocycles. The standard InChI is InChI=1S/C25H18FNO/c26-20-14-12-19(13-15-20)25(22-10-3-4-11-23(22)27-24(25)28)16-18-8-5-7-17-6-1-2-9-21(17)18/h1-15H,16H2,(H,27,28)/t25-/m0/s1. The average Bonchev–Trinajstić information content (AvgIpc) is 3.01. The van der Waals surface area contributed by atoms with Crippen molar-refractivity contribution >= 4 is 22.4 Å². The average molecular weight is 367 g/mol. The largest absolute Gasteiger partial charge is 0.325 e. The maximum atomic E-state index is 13.6. The smallest absolute Gasteiger partial charge is 0.239 e. The van der Waals surface area contributed by atoms with Gasteiger partial charge in [-0.3, -0.25) is 4.79 Å². The van der Waals surface area contributed by atoms with Crippen LogP contribution in [0.2, 0.25) is 0 Å². The van der Waals surface area contributed by atoms with Crippen molar-refractivity contribution in [2.45, 2.75) is 11.8 Å². The lowest BCUT2D eigenvalue weighted by molar-refractivity contribution is -0.119. The number of fused-ring (bicyclic) bond motifs is 2. The summed E-state index contributed by atoms with van der Waals surface area (Å²) in [4.78, 5) is 13.4. The Labute approximate surface area is 162 Å². The minimum atomic E-state index is -0.894. The molecule has 28 heavy (non-hydrogen) atoms. The zero-order valence-corrected chi connectivity index (χ0v) is 15.2. The Bertz CT molecular complexity index is 1190. The van der Waals surface area contributed by atoms with Crippen LogP contribution < -0.4 is 5.32 Å². The summed E-state index contributed by atoms with van der Waals surface area (Å²) in [6, 6.07) is 28.4. The molecule has 1 atom stereocenters. The van der Waals surface area contributed by atoms with Crippen molar-refractivity contribution in [3.63, 3.8) is 0 Å². The first-order chi connectivity index (χ1) is 13.7. The van der Waals surface area contributed by atoms with Gasteiger partial charge >= 0.3 is 0 Å². The van der Waals surface area contributed by atoms with Crippen LogP contribution in [-0.4, -0.2) is 5.91 Å². The highest BCUT2D eigenvalue weighted by Gasteiger charge is 2.48. The molecule has 136 valence electrons. The molecular weight excluding hydrogens is 349 g/mol. The minimum absolute atomic E-state index is 0.0757. The second-order valence-electron chi connectivity index (χ2n) is 7.23. The van der Waals surface area contributed by atoms with Crippen LogP contribution in [-0.2, 0) is 16.6 Å². The lowest BCUT2D eigenvalue weighted by Crippen LogP contribution is -2.38. The van der Waals surface area contributed by atoms with Gasteiger partial charge in [0.1, 0.15) is 11.2 Å². The number of carbonyl (C=O) groups excluding carboxylic acids is 1. The van der Waals surface area contributed by atoms with Gasteiger partial charge in [0.05, 0.1) is 0 Å². The molecule has 0 aromatic heterocycles. The molecule has 0 bridgehead atoms. The fraction of sp³-hybridized carbons (Fsp3) is 0.0800. The Morgan fingerprint density at radius 3 is 2.36 bits per heavy atom. The van der Waals surface area contributed by atoms with Crippen LogP contribution >= 0.6 is 0 Å². The maximum Gasteiger partial charge on any atom is 0.239 e. The van der Waals surface area contributed by atoms with Crippen LogP contribution in [0.25, 0.3) is 10.8 Å². The second-order valence-corrected chi connectivity index (χ2v) is 7.23. The fourth-order valence-corrected chi connectivity index (χ4v) is 4.35. The Kier molecular flexibility index (Phi) is 3.76. The van der Waals surface area contributed by atoms with Gasteiger partial charge in [-0.05, 0) is 52.1 Å². The van der Waals surface area contributed by atoms with E-state index in [4.69, 9.17) is 0 Å². The predicted octanol–water partition coefficient (Wildman–Crippen LogP) is 5.46. The van der Waals surface area contributed by atoms with E-state index in [-0.39, 0.29) is 11.7 Å². The number of carbonyl (C=O) groups is 1. The lowest BCUT2D eigenvalue weighted by Gasteiger charge is -2.29. The SMILES string of the molecule is O=C1Nc2ccccc2[C@]1(Cc1cccc2ccccc12)c1ccc(F)cc1. The van der Waals surface area contributed by atoms with Crippen LogP contribution in [0.4, 0.5) is 10.1 Å². The summed E-state index contributed by atoms with van der Waals surface area (Å²) < 4.78 is 13.6. The number of amides is 1. The Balaban J connectivity index is 1.76. The van der Waals surface area contributed by atoms with E-state index in [1.807, 2.05) is 42.5 Å². The first-order valence-electron chi connectivity index (χ1n) is 9.32. The second kappa shape index (κ2) is 6.31. The summed E-state index contributed by atoms with van der Waals surface area (Å²) in [5.74, 6) is -0.385. The van der Waals surface area contributed by atoms with Crippen LogP contribution in [0.5, 0.6) is 0 Å². The molecule has 1 N–H and O–H groups in total. The quantitative estimate of drug-likeness (QED) is 0.512. The van der Waals surface area contributed by atoms with E-state index in [0.29, 0.717) is 6.42 Å². The summed E-state index contributed by atoms with van der Waals surface area (Å²) >= 11 is 0. The van der Waals surface area contributed by atoms with Crippen molar-refractivity contribution in [2.75, 3.05) is 5.32 Å². The van der Waals surface area contributed by atoms with Gasteiger partial charge in [0.2, 0.25) is 5.91 Å². The number of hydrogen-bond acceptors (Lipinski definition) is 1. The van der Waals surface area contributed by atoms with Gasteiger partial charge in [-0.25, -0.2) is 4.39 Å². The predicted molar refractivity (Wildman–Crippen MR) is 110 cm³/mol. The molecule has 0 spiro atoms. The normalized spacial score (nSPS) is 18.1. The third-order valence-corrected chi connectivity index (χ3v) is 5.70. The van der Waals surface area contributed by atoms with Crippen molar-refractivity contribution in [3.8, 4) is 0 Å². The monoisotopic (exact) mass is 367 g/mol. The van der Waals surface area contributed by atoms with E-state index < -0.39 is 5.41 Å². The minimum Gasteiger partial charge on any atom is -0.325 e. The lowest BCUT2D eigenvalue weighted by atomic mass is 9.70. The van der Waals surface area contributed by atoms with Gasteiger partial charge < -0.3 is 5.32 Å². The van der Waals surface area contributed by atoms with Gasteiger partial charge in [-0.2, -0.15) is 0 Å². The number of nitrogens with one attached hydrogen (secondary N) is 1. The molecule has 0 aliphatic carbocycles. The van der Waals surface area contributed by atoms with E-state index in [1.54, 1.807) is 12.1 Å². The molecule has 2 nitrogen and oxygen atoms in total. The number of para-hydroxylation sites is 1. The highest BCUT2D eigenvalue weighted by atomic mass is 19.1. The molecule has 1 heterocycles. The molecular formula is C25H18FNO. The first kappa shape index (κ1) is 16.7.